The SMILES string of the molecule is Cc1cc(CC(=O)C2CCCN2C2CCNCC2)n(C)n1. The second-order valence-electron chi connectivity index (χ2n) is 6.42. The van der Waals surface area contributed by atoms with Crippen molar-refractivity contribution in [2.24, 2.45) is 7.05 Å². The Kier molecular flexibility index (Phi) is 4.40. The van der Waals surface area contributed by atoms with Gasteiger partial charge in [-0.05, 0) is 58.3 Å². The highest BCUT2D eigenvalue weighted by Gasteiger charge is 2.35. The van der Waals surface area contributed by atoms with Crippen molar-refractivity contribution in [3.05, 3.63) is 17.5 Å². The minimum Gasteiger partial charge on any atom is -0.317 e. The number of hydrogen-bond donors (Lipinski definition) is 1. The zero-order chi connectivity index (χ0) is 14.8. The molecule has 116 valence electrons. The summed E-state index contributed by atoms with van der Waals surface area (Å²) >= 11 is 0. The Labute approximate surface area is 126 Å². The summed E-state index contributed by atoms with van der Waals surface area (Å²) in [6.07, 6.45) is 5.05. The highest BCUT2D eigenvalue weighted by molar-refractivity contribution is 5.86. The van der Waals surface area contributed by atoms with Crippen molar-refractivity contribution < 1.29 is 4.79 Å². The van der Waals surface area contributed by atoms with Gasteiger partial charge in [0, 0.05) is 18.8 Å². The summed E-state index contributed by atoms with van der Waals surface area (Å²) in [6, 6.07) is 2.75. The first-order valence-electron chi connectivity index (χ1n) is 8.14. The van der Waals surface area contributed by atoms with Crippen molar-refractivity contribution in [1.29, 1.82) is 0 Å². The number of aromatic nitrogens is 2. The van der Waals surface area contributed by atoms with E-state index in [0.717, 1.165) is 43.9 Å². The first-order chi connectivity index (χ1) is 10.1. The molecular weight excluding hydrogens is 264 g/mol. The standard InChI is InChI=1S/C16H26N4O/c1-12-10-14(19(2)18-12)11-16(21)15-4-3-9-20(15)13-5-7-17-8-6-13/h10,13,15,17H,3-9,11H2,1-2H3. The van der Waals surface area contributed by atoms with Gasteiger partial charge in [0.1, 0.15) is 0 Å². The molecule has 2 saturated heterocycles. The lowest BCUT2D eigenvalue weighted by Crippen LogP contribution is -2.48. The summed E-state index contributed by atoms with van der Waals surface area (Å²) < 4.78 is 1.84. The third-order valence-electron chi connectivity index (χ3n) is 4.90. The lowest BCUT2D eigenvalue weighted by molar-refractivity contribution is -0.123. The van der Waals surface area contributed by atoms with Gasteiger partial charge in [0.05, 0.1) is 18.2 Å². The van der Waals surface area contributed by atoms with E-state index in [9.17, 15) is 4.79 Å². The summed E-state index contributed by atoms with van der Waals surface area (Å²) in [5.74, 6) is 0.369. The van der Waals surface area contributed by atoms with Crippen molar-refractivity contribution in [3.63, 3.8) is 0 Å². The third-order valence-corrected chi connectivity index (χ3v) is 4.90. The van der Waals surface area contributed by atoms with Gasteiger partial charge < -0.3 is 5.32 Å². The van der Waals surface area contributed by atoms with Gasteiger partial charge in [-0.1, -0.05) is 0 Å². The zero-order valence-electron chi connectivity index (χ0n) is 13.1. The van der Waals surface area contributed by atoms with Crippen LogP contribution >= 0.6 is 0 Å². The third kappa shape index (κ3) is 3.19. The number of ketones is 1. The molecule has 1 aromatic heterocycles. The van der Waals surface area contributed by atoms with Crippen LogP contribution in [0, 0.1) is 6.92 Å². The van der Waals surface area contributed by atoms with Crippen molar-refractivity contribution in [1.82, 2.24) is 20.0 Å². The first-order valence-corrected chi connectivity index (χ1v) is 8.14. The van der Waals surface area contributed by atoms with Crippen LogP contribution in [0.5, 0.6) is 0 Å². The van der Waals surface area contributed by atoms with Crippen molar-refractivity contribution in [3.8, 4) is 0 Å². The van der Waals surface area contributed by atoms with Gasteiger partial charge in [-0.3, -0.25) is 14.4 Å². The number of aryl methyl sites for hydroxylation is 2. The van der Waals surface area contributed by atoms with Crippen LogP contribution in [0.15, 0.2) is 6.07 Å². The molecule has 21 heavy (non-hydrogen) atoms. The van der Waals surface area contributed by atoms with Crippen LogP contribution in [0.25, 0.3) is 0 Å². The number of carbonyl (C=O) groups excluding carboxylic acids is 1. The van der Waals surface area contributed by atoms with E-state index in [-0.39, 0.29) is 6.04 Å². The average molecular weight is 290 g/mol. The van der Waals surface area contributed by atoms with Crippen LogP contribution < -0.4 is 5.32 Å². The molecule has 0 bridgehead atoms. The molecule has 2 aliphatic rings. The van der Waals surface area contributed by atoms with E-state index in [1.165, 1.54) is 12.8 Å². The molecule has 5 nitrogen and oxygen atoms in total. The Morgan fingerprint density at radius 1 is 1.38 bits per heavy atom. The Morgan fingerprint density at radius 2 is 2.14 bits per heavy atom. The molecule has 0 radical (unpaired) electrons. The van der Waals surface area contributed by atoms with E-state index >= 15 is 0 Å². The largest absolute Gasteiger partial charge is 0.317 e. The maximum Gasteiger partial charge on any atom is 0.155 e. The highest BCUT2D eigenvalue weighted by Crippen LogP contribution is 2.25. The van der Waals surface area contributed by atoms with E-state index in [1.807, 2.05) is 24.7 Å². The van der Waals surface area contributed by atoms with Gasteiger partial charge in [0.25, 0.3) is 0 Å². The molecule has 0 saturated carbocycles. The molecule has 2 fully saturated rings. The molecule has 0 aliphatic carbocycles. The summed E-state index contributed by atoms with van der Waals surface area (Å²) in [5, 5.41) is 7.75. The molecule has 0 aromatic carbocycles. The van der Waals surface area contributed by atoms with Crippen LogP contribution in [0.3, 0.4) is 0 Å². The van der Waals surface area contributed by atoms with Crippen molar-refractivity contribution in [2.45, 2.75) is 51.1 Å². The minimum absolute atomic E-state index is 0.128. The lowest BCUT2D eigenvalue weighted by Gasteiger charge is -2.35. The molecule has 1 unspecified atom stereocenters. The molecule has 3 rings (SSSR count). The van der Waals surface area contributed by atoms with Crippen molar-refractivity contribution in [2.75, 3.05) is 19.6 Å². The summed E-state index contributed by atoms with van der Waals surface area (Å²) in [6.45, 7) is 5.24. The maximum absolute atomic E-state index is 12.7. The van der Waals surface area contributed by atoms with Crippen LogP contribution in [0.2, 0.25) is 0 Å². The predicted molar refractivity (Wildman–Crippen MR) is 82.3 cm³/mol. The van der Waals surface area contributed by atoms with E-state index in [4.69, 9.17) is 0 Å². The highest BCUT2D eigenvalue weighted by atomic mass is 16.1. The number of Topliss-reactive ketones (excluding diaryl/α,β-unsaturated/α-hetero) is 1. The van der Waals surface area contributed by atoms with Gasteiger partial charge in [-0.2, -0.15) is 5.10 Å². The van der Waals surface area contributed by atoms with Crippen LogP contribution in [0.1, 0.15) is 37.1 Å². The van der Waals surface area contributed by atoms with E-state index in [2.05, 4.69) is 15.3 Å². The molecule has 1 aromatic rings. The van der Waals surface area contributed by atoms with Gasteiger partial charge in [-0.25, -0.2) is 0 Å². The molecule has 1 N–H and O–H groups in total. The van der Waals surface area contributed by atoms with Crippen molar-refractivity contribution >= 4 is 5.78 Å². The van der Waals surface area contributed by atoms with Gasteiger partial charge in [0.15, 0.2) is 5.78 Å². The predicted octanol–water partition coefficient (Wildman–Crippen LogP) is 1.06. The fraction of sp³-hybridized carbons (Fsp3) is 0.750. The molecule has 5 heteroatoms. The number of nitrogens with zero attached hydrogens (tertiary/aromatic N) is 3. The average Bonchev–Trinajstić information content (AvgIpc) is 3.07. The number of nitrogens with one attached hydrogen (secondary N) is 1. The van der Waals surface area contributed by atoms with Gasteiger partial charge in [0.2, 0.25) is 0 Å². The number of piperidine rings is 1. The van der Waals surface area contributed by atoms with Crippen LogP contribution in [-0.4, -0.2) is 52.2 Å². The van der Waals surface area contributed by atoms with Crippen LogP contribution in [0.4, 0.5) is 0 Å². The fourth-order valence-corrected chi connectivity index (χ4v) is 3.84. The second kappa shape index (κ2) is 6.28. The summed E-state index contributed by atoms with van der Waals surface area (Å²) in [4.78, 5) is 15.2. The smallest absolute Gasteiger partial charge is 0.155 e. The normalized spacial score (nSPS) is 24.6. The first kappa shape index (κ1) is 14.7. The number of rotatable bonds is 4. The quantitative estimate of drug-likeness (QED) is 0.901. The van der Waals surface area contributed by atoms with Crippen LogP contribution in [-0.2, 0) is 18.3 Å². The molecule has 1 atom stereocenters. The summed E-state index contributed by atoms with van der Waals surface area (Å²) in [7, 11) is 1.93. The van der Waals surface area contributed by atoms with E-state index in [0.29, 0.717) is 18.2 Å². The Hall–Kier alpha value is -1.20. The molecule has 0 amide bonds. The number of hydrogen-bond acceptors (Lipinski definition) is 4. The molecule has 0 spiro atoms. The Morgan fingerprint density at radius 3 is 2.81 bits per heavy atom. The zero-order valence-corrected chi connectivity index (χ0v) is 13.1. The Bertz CT molecular complexity index is 504. The van der Waals surface area contributed by atoms with E-state index in [1.54, 1.807) is 0 Å². The second-order valence-corrected chi connectivity index (χ2v) is 6.42. The maximum atomic E-state index is 12.7. The number of carbonyl (C=O) groups is 1. The number of likely N-dealkylation sites (tertiary alicyclic amines) is 1. The topological polar surface area (TPSA) is 50.2 Å². The molecule has 3 heterocycles. The fourth-order valence-electron chi connectivity index (χ4n) is 3.84. The minimum atomic E-state index is 0.128. The monoisotopic (exact) mass is 290 g/mol. The Balaban J connectivity index is 1.66. The lowest BCUT2D eigenvalue weighted by atomic mass is 10.00. The molecular formula is C16H26N4O. The van der Waals surface area contributed by atoms with E-state index < -0.39 is 0 Å². The van der Waals surface area contributed by atoms with Gasteiger partial charge in [-0.15, -0.1) is 0 Å². The summed E-state index contributed by atoms with van der Waals surface area (Å²) in [5.41, 5.74) is 2.02. The molecule has 2 aliphatic heterocycles. The van der Waals surface area contributed by atoms with Gasteiger partial charge >= 0.3 is 0 Å².